The lowest BCUT2D eigenvalue weighted by atomic mass is 10.1. The fraction of sp³-hybridized carbons (Fsp3) is 0.125. The third kappa shape index (κ3) is 4.29. The van der Waals surface area contributed by atoms with Gasteiger partial charge in [0.05, 0.1) is 27.2 Å². The number of hydrogen-bond donors (Lipinski definition) is 1. The predicted molar refractivity (Wildman–Crippen MR) is 123 cm³/mol. The summed E-state index contributed by atoms with van der Waals surface area (Å²) in [7, 11) is 0. The maximum atomic E-state index is 12.8. The molecule has 0 aliphatic carbocycles. The fourth-order valence-electron chi connectivity index (χ4n) is 3.71. The Kier molecular flexibility index (Phi) is 5.86. The van der Waals surface area contributed by atoms with Crippen molar-refractivity contribution in [2.75, 3.05) is 11.9 Å². The van der Waals surface area contributed by atoms with E-state index in [-0.39, 0.29) is 23.3 Å². The molecule has 1 heterocycles. The van der Waals surface area contributed by atoms with Crippen molar-refractivity contribution < 1.29 is 19.2 Å². The van der Waals surface area contributed by atoms with Crippen molar-refractivity contribution in [3.05, 3.63) is 92.6 Å². The SMILES string of the molecule is Cc1c(NC(=O)COC(=O)Cn2c3ccccc3c(=O)c3ccccc32)cccc1[N+](=O)[O-]. The van der Waals surface area contributed by atoms with Crippen LogP contribution >= 0.6 is 0 Å². The standard InChI is InChI=1S/C24H19N3O6/c1-15-18(9-6-12-19(15)27(31)32)25-22(28)14-33-23(29)13-26-20-10-4-2-7-16(20)24(30)17-8-3-5-11-21(17)26/h2-12H,13-14H2,1H3,(H,25,28). The molecule has 0 saturated carbocycles. The van der Waals surface area contributed by atoms with Crippen LogP contribution in [0, 0.1) is 17.0 Å². The number of amides is 1. The summed E-state index contributed by atoms with van der Waals surface area (Å²) in [5, 5.41) is 14.5. The van der Waals surface area contributed by atoms with E-state index in [4.69, 9.17) is 4.74 Å². The van der Waals surface area contributed by atoms with Gasteiger partial charge in [-0.05, 0) is 37.3 Å². The molecule has 33 heavy (non-hydrogen) atoms. The van der Waals surface area contributed by atoms with E-state index in [0.717, 1.165) is 0 Å². The van der Waals surface area contributed by atoms with Gasteiger partial charge in [-0.15, -0.1) is 0 Å². The number of nitro benzene ring substituents is 1. The van der Waals surface area contributed by atoms with Gasteiger partial charge in [0.25, 0.3) is 11.6 Å². The molecule has 9 nitrogen and oxygen atoms in total. The summed E-state index contributed by atoms with van der Waals surface area (Å²) in [6.45, 7) is 0.758. The molecule has 9 heteroatoms. The number of anilines is 1. The van der Waals surface area contributed by atoms with Crippen LogP contribution in [0.4, 0.5) is 11.4 Å². The van der Waals surface area contributed by atoms with Crippen LogP contribution in [0.25, 0.3) is 21.8 Å². The van der Waals surface area contributed by atoms with Crippen molar-refractivity contribution in [3.8, 4) is 0 Å². The average Bonchev–Trinajstić information content (AvgIpc) is 2.81. The number of nitro groups is 1. The lowest BCUT2D eigenvalue weighted by molar-refractivity contribution is -0.385. The van der Waals surface area contributed by atoms with Gasteiger partial charge in [-0.2, -0.15) is 0 Å². The number of ether oxygens (including phenoxy) is 1. The molecule has 0 aliphatic rings. The Morgan fingerprint density at radius 2 is 1.58 bits per heavy atom. The third-order valence-electron chi connectivity index (χ3n) is 5.31. The Morgan fingerprint density at radius 1 is 0.970 bits per heavy atom. The van der Waals surface area contributed by atoms with E-state index in [2.05, 4.69) is 5.32 Å². The monoisotopic (exact) mass is 445 g/mol. The first-order valence-corrected chi connectivity index (χ1v) is 10.1. The number of aromatic nitrogens is 1. The van der Waals surface area contributed by atoms with Crippen LogP contribution in [0.5, 0.6) is 0 Å². The Bertz CT molecular complexity index is 1410. The molecule has 0 aliphatic heterocycles. The third-order valence-corrected chi connectivity index (χ3v) is 5.31. The molecule has 4 rings (SSSR count). The average molecular weight is 445 g/mol. The Hall–Kier alpha value is -4.53. The number of para-hydroxylation sites is 2. The number of rotatable bonds is 6. The molecule has 4 aromatic rings. The van der Waals surface area contributed by atoms with Crippen LogP contribution < -0.4 is 10.7 Å². The van der Waals surface area contributed by atoms with E-state index in [1.807, 2.05) is 0 Å². The van der Waals surface area contributed by atoms with Gasteiger partial charge in [-0.1, -0.05) is 30.3 Å². The largest absolute Gasteiger partial charge is 0.454 e. The number of hydrogen-bond acceptors (Lipinski definition) is 6. The second-order valence-electron chi connectivity index (χ2n) is 7.37. The zero-order valence-electron chi connectivity index (χ0n) is 17.6. The first-order chi connectivity index (χ1) is 15.9. The second-order valence-corrected chi connectivity index (χ2v) is 7.37. The van der Waals surface area contributed by atoms with Gasteiger partial charge in [-0.3, -0.25) is 24.5 Å². The highest BCUT2D eigenvalue weighted by Crippen LogP contribution is 2.25. The molecule has 0 atom stereocenters. The van der Waals surface area contributed by atoms with Gasteiger partial charge < -0.3 is 14.6 Å². The van der Waals surface area contributed by atoms with E-state index in [0.29, 0.717) is 27.4 Å². The van der Waals surface area contributed by atoms with Gasteiger partial charge in [0, 0.05) is 16.8 Å². The normalized spacial score (nSPS) is 10.8. The fourth-order valence-corrected chi connectivity index (χ4v) is 3.71. The topological polar surface area (TPSA) is 121 Å². The first-order valence-electron chi connectivity index (χ1n) is 10.1. The van der Waals surface area contributed by atoms with Crippen LogP contribution in [0.3, 0.4) is 0 Å². The maximum Gasteiger partial charge on any atom is 0.326 e. The molecule has 0 fully saturated rings. The quantitative estimate of drug-likeness (QED) is 0.210. The summed E-state index contributed by atoms with van der Waals surface area (Å²) in [6.07, 6.45) is 0. The van der Waals surface area contributed by atoms with Gasteiger partial charge in [-0.25, -0.2) is 0 Å². The van der Waals surface area contributed by atoms with Gasteiger partial charge >= 0.3 is 5.97 Å². The van der Waals surface area contributed by atoms with Crippen LogP contribution in [0.2, 0.25) is 0 Å². The summed E-state index contributed by atoms with van der Waals surface area (Å²) in [5.41, 5.74) is 1.47. The first kappa shape index (κ1) is 21.7. The van der Waals surface area contributed by atoms with Crippen molar-refractivity contribution in [1.82, 2.24) is 4.57 Å². The number of nitrogens with one attached hydrogen (secondary N) is 1. The summed E-state index contributed by atoms with van der Waals surface area (Å²) < 4.78 is 6.82. The molecule has 1 amide bonds. The Morgan fingerprint density at radius 3 is 2.18 bits per heavy atom. The molecular weight excluding hydrogens is 426 g/mol. The predicted octanol–water partition coefficient (Wildman–Crippen LogP) is 3.55. The van der Waals surface area contributed by atoms with Crippen molar-refractivity contribution in [3.63, 3.8) is 0 Å². The highest BCUT2D eigenvalue weighted by molar-refractivity contribution is 5.96. The number of esters is 1. The van der Waals surface area contributed by atoms with Gasteiger partial charge in [0.15, 0.2) is 12.0 Å². The lowest BCUT2D eigenvalue weighted by Crippen LogP contribution is -2.24. The van der Waals surface area contributed by atoms with E-state index < -0.39 is 23.4 Å². The lowest BCUT2D eigenvalue weighted by Gasteiger charge is -2.14. The van der Waals surface area contributed by atoms with E-state index >= 15 is 0 Å². The molecular formula is C24H19N3O6. The van der Waals surface area contributed by atoms with Crippen molar-refractivity contribution in [2.24, 2.45) is 0 Å². The highest BCUT2D eigenvalue weighted by atomic mass is 16.6. The van der Waals surface area contributed by atoms with Crippen LogP contribution in [0.1, 0.15) is 5.56 Å². The van der Waals surface area contributed by atoms with E-state index in [1.54, 1.807) is 53.1 Å². The number of fused-ring (bicyclic) bond motifs is 2. The molecule has 1 N–H and O–H groups in total. The molecule has 0 radical (unpaired) electrons. The zero-order chi connectivity index (χ0) is 23.5. The summed E-state index contributed by atoms with van der Waals surface area (Å²) in [4.78, 5) is 48.1. The number of carbonyl (C=O) groups excluding carboxylic acids is 2. The summed E-state index contributed by atoms with van der Waals surface area (Å²) >= 11 is 0. The molecule has 1 aromatic heterocycles. The number of benzene rings is 3. The van der Waals surface area contributed by atoms with Gasteiger partial charge in [0.2, 0.25) is 0 Å². The molecule has 0 unspecified atom stereocenters. The van der Waals surface area contributed by atoms with Crippen LogP contribution in [-0.4, -0.2) is 28.0 Å². The van der Waals surface area contributed by atoms with E-state index in [1.165, 1.54) is 25.1 Å². The molecule has 0 bridgehead atoms. The minimum atomic E-state index is -0.667. The minimum Gasteiger partial charge on any atom is -0.454 e. The molecule has 0 spiro atoms. The summed E-state index contributed by atoms with van der Waals surface area (Å²) in [6, 6.07) is 18.2. The Balaban J connectivity index is 1.51. The number of nitrogens with zero attached hydrogens (tertiary/aromatic N) is 2. The van der Waals surface area contributed by atoms with Crippen molar-refractivity contribution in [2.45, 2.75) is 13.5 Å². The molecule has 3 aromatic carbocycles. The highest BCUT2D eigenvalue weighted by Gasteiger charge is 2.17. The van der Waals surface area contributed by atoms with Crippen LogP contribution in [-0.2, 0) is 20.9 Å². The summed E-state index contributed by atoms with van der Waals surface area (Å²) in [5.74, 6) is -1.29. The Labute approximate surface area is 187 Å². The number of carbonyl (C=O) groups is 2. The smallest absolute Gasteiger partial charge is 0.326 e. The maximum absolute atomic E-state index is 12.8. The molecule has 0 saturated heterocycles. The van der Waals surface area contributed by atoms with Crippen molar-refractivity contribution >= 4 is 45.1 Å². The van der Waals surface area contributed by atoms with Crippen LogP contribution in [0.15, 0.2) is 71.5 Å². The number of pyridine rings is 1. The van der Waals surface area contributed by atoms with E-state index in [9.17, 15) is 24.5 Å². The second kappa shape index (κ2) is 8.91. The van der Waals surface area contributed by atoms with Crippen molar-refractivity contribution in [1.29, 1.82) is 0 Å². The minimum absolute atomic E-state index is 0.123. The van der Waals surface area contributed by atoms with Gasteiger partial charge in [0.1, 0.15) is 6.54 Å². The zero-order valence-corrected chi connectivity index (χ0v) is 17.6. The molecule has 166 valence electrons.